The number of hydrogen-bond donors (Lipinski definition) is 3. The first kappa shape index (κ1) is 26.7. The summed E-state index contributed by atoms with van der Waals surface area (Å²) in [5.41, 5.74) is 1.85. The molecule has 3 aromatic rings. The van der Waals surface area contributed by atoms with Gasteiger partial charge in [-0.2, -0.15) is 0 Å². The van der Waals surface area contributed by atoms with E-state index in [2.05, 4.69) is 10.6 Å². The van der Waals surface area contributed by atoms with E-state index < -0.39 is 17.8 Å². The number of rotatable bonds is 8. The van der Waals surface area contributed by atoms with Gasteiger partial charge in [-0.15, -0.1) is 0 Å². The molecule has 0 fully saturated rings. The summed E-state index contributed by atoms with van der Waals surface area (Å²) in [6.45, 7) is 6.10. The standard InChI is InChI=1S/C30H33N3O5/c1-30(2,3)38-29(35)33-27(31)26-24(23-11-7-8-12-25(23)37-26)17-18-32-28(34)21-13-15-22(16-14-21)36-19-20-9-5-4-6-10-20/h4-16,24,26H,17-19H2,1-3H3,(H,32,34)(H2,31,33,35). The third-order valence-electron chi connectivity index (χ3n) is 5.96. The highest BCUT2D eigenvalue weighted by Crippen LogP contribution is 2.40. The summed E-state index contributed by atoms with van der Waals surface area (Å²) >= 11 is 0. The number of ether oxygens (including phenoxy) is 3. The van der Waals surface area contributed by atoms with Crippen molar-refractivity contribution in [1.29, 1.82) is 5.41 Å². The van der Waals surface area contributed by atoms with Crippen LogP contribution in [0.3, 0.4) is 0 Å². The molecule has 0 aliphatic carbocycles. The summed E-state index contributed by atoms with van der Waals surface area (Å²) in [5, 5.41) is 13.9. The lowest BCUT2D eigenvalue weighted by atomic mass is 9.91. The molecule has 0 bridgehead atoms. The molecule has 3 N–H and O–H groups in total. The van der Waals surface area contributed by atoms with Gasteiger partial charge in [0.2, 0.25) is 0 Å². The van der Waals surface area contributed by atoms with Crippen LogP contribution in [-0.4, -0.2) is 36.1 Å². The normalized spacial score (nSPS) is 16.1. The maximum atomic E-state index is 12.7. The van der Waals surface area contributed by atoms with Crippen molar-refractivity contribution in [2.45, 2.75) is 51.4 Å². The fourth-order valence-corrected chi connectivity index (χ4v) is 4.21. The topological polar surface area (TPSA) is 110 Å². The Hall–Kier alpha value is -4.33. The van der Waals surface area contributed by atoms with Gasteiger partial charge in [0.05, 0.1) is 0 Å². The molecule has 1 aliphatic heterocycles. The zero-order valence-electron chi connectivity index (χ0n) is 21.8. The van der Waals surface area contributed by atoms with Crippen molar-refractivity contribution in [2.75, 3.05) is 6.54 Å². The number of carbonyl (C=O) groups excluding carboxylic acids is 2. The average molecular weight is 516 g/mol. The third-order valence-corrected chi connectivity index (χ3v) is 5.96. The zero-order valence-corrected chi connectivity index (χ0v) is 21.8. The van der Waals surface area contributed by atoms with Crippen LogP contribution in [0.4, 0.5) is 4.79 Å². The van der Waals surface area contributed by atoms with Crippen LogP contribution >= 0.6 is 0 Å². The molecule has 8 nitrogen and oxygen atoms in total. The van der Waals surface area contributed by atoms with E-state index in [-0.39, 0.29) is 17.7 Å². The van der Waals surface area contributed by atoms with Crippen LogP contribution in [0.5, 0.6) is 11.5 Å². The largest absolute Gasteiger partial charge is 0.489 e. The predicted molar refractivity (Wildman–Crippen MR) is 145 cm³/mol. The Balaban J connectivity index is 1.32. The van der Waals surface area contributed by atoms with E-state index in [0.717, 1.165) is 11.1 Å². The molecule has 2 atom stereocenters. The molecule has 2 unspecified atom stereocenters. The van der Waals surface area contributed by atoms with E-state index in [1.165, 1.54) is 0 Å². The van der Waals surface area contributed by atoms with Crippen LogP contribution in [0, 0.1) is 5.41 Å². The first-order valence-corrected chi connectivity index (χ1v) is 12.6. The van der Waals surface area contributed by atoms with Crippen molar-refractivity contribution in [3.05, 3.63) is 95.6 Å². The van der Waals surface area contributed by atoms with Crippen LogP contribution in [0.25, 0.3) is 0 Å². The highest BCUT2D eigenvalue weighted by Gasteiger charge is 2.38. The summed E-state index contributed by atoms with van der Waals surface area (Å²) in [4.78, 5) is 25.0. The van der Waals surface area contributed by atoms with E-state index in [9.17, 15) is 9.59 Å². The number of hydrogen-bond acceptors (Lipinski definition) is 6. The van der Waals surface area contributed by atoms with Gasteiger partial charge in [0, 0.05) is 23.6 Å². The molecule has 1 heterocycles. The van der Waals surface area contributed by atoms with Gasteiger partial charge in [-0.05, 0) is 63.1 Å². The van der Waals surface area contributed by atoms with Gasteiger partial charge < -0.3 is 19.5 Å². The molecule has 198 valence electrons. The monoisotopic (exact) mass is 515 g/mol. The van der Waals surface area contributed by atoms with E-state index in [4.69, 9.17) is 19.6 Å². The minimum Gasteiger partial charge on any atom is -0.489 e. The van der Waals surface area contributed by atoms with E-state index in [0.29, 0.717) is 36.6 Å². The van der Waals surface area contributed by atoms with Crippen molar-refractivity contribution in [3.63, 3.8) is 0 Å². The summed E-state index contributed by atoms with van der Waals surface area (Å²) in [7, 11) is 0. The summed E-state index contributed by atoms with van der Waals surface area (Å²) in [6, 6.07) is 24.4. The number of fused-ring (bicyclic) bond motifs is 1. The van der Waals surface area contributed by atoms with Gasteiger partial charge in [0.25, 0.3) is 5.91 Å². The van der Waals surface area contributed by atoms with Gasteiger partial charge in [0.15, 0.2) is 6.10 Å². The Morgan fingerprint density at radius 3 is 2.34 bits per heavy atom. The van der Waals surface area contributed by atoms with Crippen molar-refractivity contribution >= 4 is 17.8 Å². The van der Waals surface area contributed by atoms with E-state index >= 15 is 0 Å². The first-order valence-electron chi connectivity index (χ1n) is 12.6. The Labute approximate surface area is 222 Å². The Morgan fingerprint density at radius 2 is 1.63 bits per heavy atom. The Kier molecular flexibility index (Phi) is 8.31. The lowest BCUT2D eigenvalue weighted by molar-refractivity contribution is 0.0556. The highest BCUT2D eigenvalue weighted by molar-refractivity contribution is 5.97. The molecule has 0 aromatic heterocycles. The Morgan fingerprint density at radius 1 is 0.947 bits per heavy atom. The summed E-state index contributed by atoms with van der Waals surface area (Å²) < 4.78 is 17.1. The van der Waals surface area contributed by atoms with Gasteiger partial charge >= 0.3 is 6.09 Å². The molecule has 3 aromatic carbocycles. The lowest BCUT2D eigenvalue weighted by Crippen LogP contribution is -2.44. The van der Waals surface area contributed by atoms with Crippen molar-refractivity contribution in [2.24, 2.45) is 0 Å². The Bertz CT molecular complexity index is 1270. The molecule has 2 amide bonds. The fourth-order valence-electron chi connectivity index (χ4n) is 4.21. The number of carbonyl (C=O) groups is 2. The second kappa shape index (κ2) is 11.8. The molecule has 0 radical (unpaired) electrons. The van der Waals surface area contributed by atoms with E-state index in [1.807, 2.05) is 54.6 Å². The molecule has 4 rings (SSSR count). The first-order chi connectivity index (χ1) is 18.2. The average Bonchev–Trinajstić information content (AvgIpc) is 3.26. The number of alkyl carbamates (subject to hydrolysis) is 1. The maximum Gasteiger partial charge on any atom is 0.413 e. The van der Waals surface area contributed by atoms with E-state index in [1.54, 1.807) is 45.0 Å². The second-order valence-electron chi connectivity index (χ2n) is 10.1. The van der Waals surface area contributed by atoms with Crippen LogP contribution in [0.15, 0.2) is 78.9 Å². The van der Waals surface area contributed by atoms with Crippen molar-refractivity contribution in [1.82, 2.24) is 10.6 Å². The van der Waals surface area contributed by atoms with Gasteiger partial charge in [0.1, 0.15) is 29.5 Å². The molecule has 8 heteroatoms. The van der Waals surface area contributed by atoms with Gasteiger partial charge in [-0.1, -0.05) is 48.5 Å². The maximum absolute atomic E-state index is 12.7. The third kappa shape index (κ3) is 7.12. The molecule has 0 spiro atoms. The number of amidine groups is 1. The minimum absolute atomic E-state index is 0.0853. The quantitative estimate of drug-likeness (QED) is 0.274. The zero-order chi connectivity index (χ0) is 27.1. The molecular formula is C30H33N3O5. The predicted octanol–water partition coefficient (Wildman–Crippen LogP) is 5.43. The molecule has 0 saturated heterocycles. The number of amides is 2. The minimum atomic E-state index is -0.703. The molecular weight excluding hydrogens is 482 g/mol. The molecule has 38 heavy (non-hydrogen) atoms. The van der Waals surface area contributed by atoms with Gasteiger partial charge in [-0.3, -0.25) is 15.5 Å². The van der Waals surface area contributed by atoms with Crippen molar-refractivity contribution in [3.8, 4) is 11.5 Å². The summed E-state index contributed by atoms with van der Waals surface area (Å²) in [6.07, 6.45) is -0.882. The smallest absolute Gasteiger partial charge is 0.413 e. The lowest BCUT2D eigenvalue weighted by Gasteiger charge is -2.23. The fraction of sp³-hybridized carbons (Fsp3) is 0.300. The molecule has 0 saturated carbocycles. The number of para-hydroxylation sites is 1. The molecule has 1 aliphatic rings. The van der Waals surface area contributed by atoms with Crippen molar-refractivity contribution < 1.29 is 23.8 Å². The SMILES string of the molecule is CC(C)(C)OC(=O)NC(=N)C1Oc2ccccc2C1CCNC(=O)c1ccc(OCc2ccccc2)cc1. The van der Waals surface area contributed by atoms with Crippen LogP contribution in [-0.2, 0) is 11.3 Å². The van der Waals surface area contributed by atoms with Crippen LogP contribution < -0.4 is 20.1 Å². The highest BCUT2D eigenvalue weighted by atomic mass is 16.6. The number of benzene rings is 3. The second-order valence-corrected chi connectivity index (χ2v) is 10.1. The van der Waals surface area contributed by atoms with Gasteiger partial charge in [-0.25, -0.2) is 4.79 Å². The number of nitrogens with one attached hydrogen (secondary N) is 3. The summed E-state index contributed by atoms with van der Waals surface area (Å²) in [5.74, 6) is 0.838. The van der Waals surface area contributed by atoms with Crippen LogP contribution in [0.1, 0.15) is 54.6 Å². The van der Waals surface area contributed by atoms with Crippen LogP contribution in [0.2, 0.25) is 0 Å².